The Labute approximate surface area is 204 Å². The molecule has 8 heteroatoms. The van der Waals surface area contributed by atoms with Gasteiger partial charge in [-0.3, -0.25) is 4.90 Å². The van der Waals surface area contributed by atoms with Gasteiger partial charge >= 0.3 is 0 Å². The average Bonchev–Trinajstić information content (AvgIpc) is 3.60. The minimum absolute atomic E-state index is 0.0910. The van der Waals surface area contributed by atoms with Crippen molar-refractivity contribution in [2.45, 2.75) is 25.5 Å². The van der Waals surface area contributed by atoms with Crippen molar-refractivity contribution in [3.8, 4) is 35.2 Å². The smallest absolute Gasteiger partial charge is 0.222 e. The maximum atomic E-state index is 14.4. The summed E-state index contributed by atoms with van der Waals surface area (Å²) < 4.78 is 40.7. The first kappa shape index (κ1) is 24.9. The summed E-state index contributed by atoms with van der Waals surface area (Å²) >= 11 is 0. The molecule has 0 aliphatic heterocycles. The Morgan fingerprint density at radius 3 is 2.69 bits per heavy atom. The third-order valence-electron chi connectivity index (χ3n) is 5.80. The molecule has 2 aromatic carbocycles. The summed E-state index contributed by atoms with van der Waals surface area (Å²) in [5.74, 6) is 1.74. The number of nitrogens with zero attached hydrogens (tertiary/aromatic N) is 3. The Hall–Kier alpha value is -3.25. The normalized spacial score (nSPS) is 14.2. The zero-order valence-corrected chi connectivity index (χ0v) is 19.7. The molecule has 1 fully saturated rings. The zero-order chi connectivity index (χ0) is 24.8. The van der Waals surface area contributed by atoms with Crippen molar-refractivity contribution in [2.24, 2.45) is 13.0 Å². The largest absolute Gasteiger partial charge is 0.436 e. The van der Waals surface area contributed by atoms with E-state index >= 15 is 0 Å². The molecule has 1 aliphatic carbocycles. The van der Waals surface area contributed by atoms with Crippen molar-refractivity contribution in [1.82, 2.24) is 14.7 Å². The van der Waals surface area contributed by atoms with E-state index in [9.17, 15) is 13.9 Å². The zero-order valence-electron chi connectivity index (χ0n) is 19.7. The molecular weight excluding hydrogens is 452 g/mol. The van der Waals surface area contributed by atoms with Crippen molar-refractivity contribution >= 4 is 0 Å². The Balaban J connectivity index is 1.66. The van der Waals surface area contributed by atoms with Crippen LogP contribution in [0.4, 0.5) is 8.78 Å². The Kier molecular flexibility index (Phi) is 8.13. The Morgan fingerprint density at radius 2 is 2.00 bits per heavy atom. The first-order valence-electron chi connectivity index (χ1n) is 11.6. The summed E-state index contributed by atoms with van der Waals surface area (Å²) in [4.78, 5) is 2.14. The number of hydrogen-bond acceptors (Lipinski definition) is 5. The number of rotatable bonds is 12. The second-order valence-electron chi connectivity index (χ2n) is 8.81. The fraction of sp³-hybridized carbons (Fsp3) is 0.370. The predicted octanol–water partition coefficient (Wildman–Crippen LogP) is 4.38. The molecule has 0 amide bonds. The van der Waals surface area contributed by atoms with E-state index < -0.39 is 17.7 Å². The summed E-state index contributed by atoms with van der Waals surface area (Å²) in [7, 11) is 1.72. The lowest BCUT2D eigenvalue weighted by molar-refractivity contribution is 0.0250. The van der Waals surface area contributed by atoms with Gasteiger partial charge in [0.25, 0.3) is 0 Å². The van der Waals surface area contributed by atoms with Gasteiger partial charge in [0.2, 0.25) is 5.88 Å². The number of aliphatic hydroxyl groups excluding tert-OH is 1. The van der Waals surface area contributed by atoms with Gasteiger partial charge in [0.05, 0.1) is 18.3 Å². The van der Waals surface area contributed by atoms with Gasteiger partial charge in [-0.25, -0.2) is 13.5 Å². The van der Waals surface area contributed by atoms with Gasteiger partial charge in [-0.1, -0.05) is 36.3 Å². The molecule has 1 aliphatic rings. The lowest BCUT2D eigenvalue weighted by Crippen LogP contribution is -2.36. The third-order valence-corrected chi connectivity index (χ3v) is 5.80. The van der Waals surface area contributed by atoms with E-state index in [4.69, 9.17) is 15.9 Å². The van der Waals surface area contributed by atoms with Crippen LogP contribution in [0.15, 0.2) is 48.5 Å². The first-order chi connectivity index (χ1) is 16.9. The lowest BCUT2D eigenvalue weighted by atomic mass is 10.1. The van der Waals surface area contributed by atoms with E-state index in [-0.39, 0.29) is 19.0 Å². The third kappa shape index (κ3) is 6.67. The van der Waals surface area contributed by atoms with Crippen molar-refractivity contribution in [1.29, 1.82) is 0 Å². The second-order valence-corrected chi connectivity index (χ2v) is 8.81. The fourth-order valence-corrected chi connectivity index (χ4v) is 4.01. The van der Waals surface area contributed by atoms with Crippen LogP contribution < -0.4 is 4.74 Å². The van der Waals surface area contributed by atoms with Crippen molar-refractivity contribution < 1.29 is 23.4 Å². The predicted molar refractivity (Wildman–Crippen MR) is 129 cm³/mol. The molecule has 1 heterocycles. The molecule has 184 valence electrons. The van der Waals surface area contributed by atoms with Gasteiger partial charge in [-0.15, -0.1) is 6.42 Å². The summed E-state index contributed by atoms with van der Waals surface area (Å²) in [5, 5.41) is 15.2. The Morgan fingerprint density at radius 1 is 1.23 bits per heavy atom. The van der Waals surface area contributed by atoms with Crippen LogP contribution in [-0.2, 0) is 18.3 Å². The van der Waals surface area contributed by atoms with E-state index in [0.29, 0.717) is 30.6 Å². The van der Waals surface area contributed by atoms with Crippen LogP contribution in [0.2, 0.25) is 0 Å². The van der Waals surface area contributed by atoms with Crippen LogP contribution >= 0.6 is 0 Å². The van der Waals surface area contributed by atoms with Gasteiger partial charge in [0.1, 0.15) is 18.1 Å². The maximum Gasteiger partial charge on any atom is 0.222 e. The quantitative estimate of drug-likeness (QED) is 0.307. The fourth-order valence-electron chi connectivity index (χ4n) is 4.01. The molecule has 3 aromatic rings. The average molecular weight is 482 g/mol. The van der Waals surface area contributed by atoms with Crippen molar-refractivity contribution in [3.05, 3.63) is 65.7 Å². The molecule has 1 atom stereocenters. The standard InChI is InChI=1S/C27H29F2N3O3/c1-3-13-34-18-22(33)16-32(15-19-9-10-19)17-23-26(20-7-5-4-6-8-20)30-31(2)27(23)35-25-12-11-21(28)14-24(25)29/h1,4-8,11-12,14,19,22,33H,9-10,13,15-18H2,2H3. The van der Waals surface area contributed by atoms with Crippen LogP contribution in [0.25, 0.3) is 11.3 Å². The molecule has 35 heavy (non-hydrogen) atoms. The molecule has 0 radical (unpaired) electrons. The van der Waals surface area contributed by atoms with Gasteiger partial charge in [-0.05, 0) is 30.9 Å². The van der Waals surface area contributed by atoms with E-state index in [2.05, 4.69) is 15.9 Å². The summed E-state index contributed by atoms with van der Waals surface area (Å²) in [6.07, 6.45) is 6.79. The highest BCUT2D eigenvalue weighted by Crippen LogP contribution is 2.36. The molecule has 1 saturated carbocycles. The molecule has 6 nitrogen and oxygen atoms in total. The molecular formula is C27H29F2N3O3. The van der Waals surface area contributed by atoms with Crippen LogP contribution in [0.5, 0.6) is 11.6 Å². The number of aromatic nitrogens is 2. The molecule has 4 rings (SSSR count). The van der Waals surface area contributed by atoms with Gasteiger partial charge in [0.15, 0.2) is 11.6 Å². The number of terminal acetylenes is 1. The number of ether oxygens (including phenoxy) is 2. The van der Waals surface area contributed by atoms with Gasteiger partial charge in [0, 0.05) is 38.3 Å². The van der Waals surface area contributed by atoms with Crippen LogP contribution in [0, 0.1) is 29.9 Å². The molecule has 0 spiro atoms. The molecule has 0 bridgehead atoms. The number of halogens is 2. The maximum absolute atomic E-state index is 14.4. The highest BCUT2D eigenvalue weighted by Gasteiger charge is 2.29. The van der Waals surface area contributed by atoms with Gasteiger partial charge in [-0.2, -0.15) is 5.10 Å². The van der Waals surface area contributed by atoms with Crippen LogP contribution in [0.3, 0.4) is 0 Å². The highest BCUT2D eigenvalue weighted by atomic mass is 19.1. The van der Waals surface area contributed by atoms with Crippen molar-refractivity contribution in [2.75, 3.05) is 26.3 Å². The minimum Gasteiger partial charge on any atom is -0.436 e. The SMILES string of the molecule is C#CCOCC(O)CN(Cc1c(-c2ccccc2)nn(C)c1Oc1ccc(F)cc1F)CC1CC1. The van der Waals surface area contributed by atoms with Crippen LogP contribution in [0.1, 0.15) is 18.4 Å². The number of hydrogen-bond donors (Lipinski definition) is 1. The topological polar surface area (TPSA) is 59.8 Å². The highest BCUT2D eigenvalue weighted by molar-refractivity contribution is 5.65. The van der Waals surface area contributed by atoms with Crippen molar-refractivity contribution in [3.63, 3.8) is 0 Å². The Bertz CT molecular complexity index is 1170. The van der Waals surface area contributed by atoms with Crippen LogP contribution in [-0.4, -0.2) is 52.2 Å². The van der Waals surface area contributed by atoms with E-state index in [1.54, 1.807) is 11.7 Å². The molecule has 1 unspecified atom stereocenters. The monoisotopic (exact) mass is 481 g/mol. The lowest BCUT2D eigenvalue weighted by Gasteiger charge is -2.25. The minimum atomic E-state index is -0.797. The van der Waals surface area contributed by atoms with E-state index in [1.165, 1.54) is 6.07 Å². The summed E-state index contributed by atoms with van der Waals surface area (Å²) in [6, 6.07) is 12.9. The van der Waals surface area contributed by atoms with Gasteiger partial charge < -0.3 is 14.6 Å². The number of benzene rings is 2. The summed E-state index contributed by atoms with van der Waals surface area (Å²) in [6.45, 7) is 1.85. The number of aliphatic hydroxyl groups is 1. The molecule has 0 saturated heterocycles. The second kappa shape index (κ2) is 11.5. The molecule has 1 aromatic heterocycles. The number of aryl methyl sites for hydroxylation is 1. The first-order valence-corrected chi connectivity index (χ1v) is 11.6. The summed E-state index contributed by atoms with van der Waals surface area (Å²) in [5.41, 5.74) is 2.33. The van der Waals surface area contributed by atoms with E-state index in [0.717, 1.165) is 42.6 Å². The molecule has 1 N–H and O–H groups in total. The van der Waals surface area contributed by atoms with E-state index in [1.807, 2.05) is 30.3 Å².